The van der Waals surface area contributed by atoms with Crippen LogP contribution in [0.15, 0.2) is 11.6 Å². The van der Waals surface area contributed by atoms with Gasteiger partial charge in [-0.15, -0.1) is 0 Å². The van der Waals surface area contributed by atoms with E-state index in [1.165, 1.54) is 44.1 Å². The minimum atomic E-state index is 0.249. The summed E-state index contributed by atoms with van der Waals surface area (Å²) in [6.07, 6.45) is 9.93. The molecule has 0 unspecified atom stereocenters. The number of carbonyl (C=O) groups is 1. The molecular formula is C13H20O. The van der Waals surface area contributed by atoms with Gasteiger partial charge < -0.3 is 0 Å². The van der Waals surface area contributed by atoms with Gasteiger partial charge in [-0.25, -0.2) is 0 Å². The Bertz CT molecular complexity index is 269. The summed E-state index contributed by atoms with van der Waals surface area (Å²) in [6, 6.07) is 0. The Hall–Kier alpha value is -0.590. The number of ketones is 1. The van der Waals surface area contributed by atoms with Gasteiger partial charge in [0.1, 0.15) is 5.78 Å². The summed E-state index contributed by atoms with van der Waals surface area (Å²) < 4.78 is 0. The zero-order valence-electron chi connectivity index (χ0n) is 9.31. The zero-order valence-corrected chi connectivity index (χ0v) is 9.31. The van der Waals surface area contributed by atoms with Crippen LogP contribution in [0, 0.1) is 11.3 Å². The van der Waals surface area contributed by atoms with E-state index in [2.05, 4.69) is 13.0 Å². The molecule has 0 bridgehead atoms. The summed E-state index contributed by atoms with van der Waals surface area (Å²) in [7, 11) is 0. The van der Waals surface area contributed by atoms with Gasteiger partial charge >= 0.3 is 0 Å². The molecule has 2 aliphatic carbocycles. The molecule has 1 heteroatoms. The van der Waals surface area contributed by atoms with Gasteiger partial charge in [0.05, 0.1) is 0 Å². The van der Waals surface area contributed by atoms with Gasteiger partial charge in [-0.3, -0.25) is 4.79 Å². The molecule has 0 aliphatic heterocycles. The third kappa shape index (κ3) is 1.43. The maximum atomic E-state index is 11.7. The summed E-state index contributed by atoms with van der Waals surface area (Å²) in [5.74, 6) is 0.638. The van der Waals surface area contributed by atoms with E-state index in [-0.39, 0.29) is 5.92 Å². The first kappa shape index (κ1) is 9.95. The van der Waals surface area contributed by atoms with Crippen molar-refractivity contribution in [3.05, 3.63) is 11.6 Å². The monoisotopic (exact) mass is 192 g/mol. The Morgan fingerprint density at radius 2 is 2.00 bits per heavy atom. The van der Waals surface area contributed by atoms with Crippen LogP contribution in [0.25, 0.3) is 0 Å². The van der Waals surface area contributed by atoms with Gasteiger partial charge in [0.2, 0.25) is 0 Å². The smallest absolute Gasteiger partial charge is 0.137 e. The molecule has 0 aromatic carbocycles. The Morgan fingerprint density at radius 1 is 1.36 bits per heavy atom. The van der Waals surface area contributed by atoms with E-state index in [4.69, 9.17) is 0 Å². The van der Waals surface area contributed by atoms with Crippen molar-refractivity contribution in [2.75, 3.05) is 0 Å². The van der Waals surface area contributed by atoms with Crippen molar-refractivity contribution in [2.45, 2.75) is 52.4 Å². The Morgan fingerprint density at radius 3 is 2.57 bits per heavy atom. The number of rotatable bonds is 1. The molecule has 0 N–H and O–H groups in total. The fraction of sp³-hybridized carbons (Fsp3) is 0.769. The lowest BCUT2D eigenvalue weighted by atomic mass is 9.64. The first-order valence-electron chi connectivity index (χ1n) is 5.83. The minimum Gasteiger partial charge on any atom is -0.299 e. The van der Waals surface area contributed by atoms with Gasteiger partial charge in [0.25, 0.3) is 0 Å². The first-order valence-corrected chi connectivity index (χ1v) is 5.83. The highest BCUT2D eigenvalue weighted by Crippen LogP contribution is 2.52. The van der Waals surface area contributed by atoms with Crippen molar-refractivity contribution in [1.82, 2.24) is 0 Å². The van der Waals surface area contributed by atoms with Crippen molar-refractivity contribution >= 4 is 5.78 Å². The largest absolute Gasteiger partial charge is 0.299 e. The average molecular weight is 192 g/mol. The van der Waals surface area contributed by atoms with E-state index in [0.29, 0.717) is 11.2 Å². The lowest BCUT2D eigenvalue weighted by Crippen LogP contribution is -2.35. The Balaban J connectivity index is 2.32. The molecule has 0 radical (unpaired) electrons. The average Bonchev–Trinajstić information content (AvgIpc) is 2.53. The maximum absolute atomic E-state index is 11.7. The van der Waals surface area contributed by atoms with E-state index < -0.39 is 0 Å². The van der Waals surface area contributed by atoms with Crippen LogP contribution in [0.5, 0.6) is 0 Å². The molecule has 78 valence electrons. The Labute approximate surface area is 86.6 Å². The van der Waals surface area contributed by atoms with Crippen LogP contribution >= 0.6 is 0 Å². The van der Waals surface area contributed by atoms with Crippen LogP contribution in [-0.2, 0) is 4.79 Å². The van der Waals surface area contributed by atoms with Crippen molar-refractivity contribution < 1.29 is 4.79 Å². The van der Waals surface area contributed by atoms with Crippen molar-refractivity contribution in [3.63, 3.8) is 0 Å². The number of hydrogen-bond donors (Lipinski definition) is 0. The highest BCUT2D eigenvalue weighted by atomic mass is 16.1. The number of allylic oxidation sites excluding steroid dienone is 2. The molecule has 0 saturated heterocycles. The SMILES string of the molecule is CC(=O)[C@@H]1C(C)=CCCC12CCCC2. The molecule has 2 rings (SSSR count). The molecule has 0 aromatic heterocycles. The molecule has 2 aliphatic rings. The second kappa shape index (κ2) is 3.52. The highest BCUT2D eigenvalue weighted by Gasteiger charge is 2.44. The first-order chi connectivity index (χ1) is 6.66. The van der Waals surface area contributed by atoms with Crippen molar-refractivity contribution in [2.24, 2.45) is 11.3 Å². The van der Waals surface area contributed by atoms with Gasteiger partial charge in [-0.1, -0.05) is 24.5 Å². The zero-order chi connectivity index (χ0) is 10.2. The van der Waals surface area contributed by atoms with Crippen LogP contribution in [-0.4, -0.2) is 5.78 Å². The van der Waals surface area contributed by atoms with E-state index >= 15 is 0 Å². The van der Waals surface area contributed by atoms with Crippen LogP contribution in [0.1, 0.15) is 52.4 Å². The number of carbonyl (C=O) groups excluding carboxylic acids is 1. The Kier molecular flexibility index (Phi) is 2.50. The number of hydrogen-bond acceptors (Lipinski definition) is 1. The molecule has 1 atom stereocenters. The molecule has 14 heavy (non-hydrogen) atoms. The lowest BCUT2D eigenvalue weighted by molar-refractivity contribution is -0.123. The normalized spacial score (nSPS) is 30.4. The fourth-order valence-corrected chi connectivity index (χ4v) is 3.70. The maximum Gasteiger partial charge on any atom is 0.137 e. The fourth-order valence-electron chi connectivity index (χ4n) is 3.70. The molecule has 1 saturated carbocycles. The quantitative estimate of drug-likeness (QED) is 0.581. The summed E-state index contributed by atoms with van der Waals surface area (Å²) in [5, 5.41) is 0. The third-order valence-electron chi connectivity index (χ3n) is 4.18. The molecule has 0 heterocycles. The van der Waals surface area contributed by atoms with Gasteiger partial charge in [-0.2, -0.15) is 0 Å². The lowest BCUT2D eigenvalue weighted by Gasteiger charge is -2.40. The molecule has 0 amide bonds. The van der Waals surface area contributed by atoms with Crippen LogP contribution in [0.4, 0.5) is 0 Å². The van der Waals surface area contributed by atoms with E-state index in [1.807, 2.05) is 0 Å². The van der Waals surface area contributed by atoms with E-state index in [1.54, 1.807) is 6.92 Å². The molecule has 1 fully saturated rings. The van der Waals surface area contributed by atoms with Gasteiger partial charge in [0, 0.05) is 5.92 Å². The highest BCUT2D eigenvalue weighted by molar-refractivity contribution is 5.82. The number of Topliss-reactive ketones (excluding diaryl/α,β-unsaturated/α-hetero) is 1. The third-order valence-corrected chi connectivity index (χ3v) is 4.18. The van der Waals surface area contributed by atoms with E-state index in [9.17, 15) is 4.79 Å². The summed E-state index contributed by atoms with van der Waals surface area (Å²) >= 11 is 0. The predicted molar refractivity (Wildman–Crippen MR) is 58.1 cm³/mol. The van der Waals surface area contributed by atoms with E-state index in [0.717, 1.165) is 0 Å². The van der Waals surface area contributed by atoms with Crippen LogP contribution in [0.2, 0.25) is 0 Å². The summed E-state index contributed by atoms with van der Waals surface area (Å²) in [5.41, 5.74) is 1.70. The topological polar surface area (TPSA) is 17.1 Å². The van der Waals surface area contributed by atoms with Gasteiger partial charge in [-0.05, 0) is 44.9 Å². The molecule has 1 nitrogen and oxygen atoms in total. The second-order valence-corrected chi connectivity index (χ2v) is 5.10. The van der Waals surface area contributed by atoms with Crippen LogP contribution in [0.3, 0.4) is 0 Å². The van der Waals surface area contributed by atoms with Crippen LogP contribution < -0.4 is 0 Å². The van der Waals surface area contributed by atoms with Crippen molar-refractivity contribution in [1.29, 1.82) is 0 Å². The standard InChI is InChI=1S/C13H20O/c1-10-6-5-9-13(7-3-4-8-13)12(10)11(2)14/h6,12H,3-5,7-9H2,1-2H3/t12-/m0/s1. The van der Waals surface area contributed by atoms with Crippen molar-refractivity contribution in [3.8, 4) is 0 Å². The predicted octanol–water partition coefficient (Wildman–Crippen LogP) is 3.49. The second-order valence-electron chi connectivity index (χ2n) is 5.10. The minimum absolute atomic E-state index is 0.249. The van der Waals surface area contributed by atoms with Gasteiger partial charge in [0.15, 0.2) is 0 Å². The molecular weight excluding hydrogens is 172 g/mol. The summed E-state index contributed by atoms with van der Waals surface area (Å²) in [4.78, 5) is 11.7. The molecule has 1 spiro atoms. The summed E-state index contributed by atoms with van der Waals surface area (Å²) in [6.45, 7) is 3.92. The molecule has 0 aromatic rings.